The number of anilines is 1. The van der Waals surface area contributed by atoms with Crippen LogP contribution in [0.4, 0.5) is 15.8 Å². The van der Waals surface area contributed by atoms with Crippen molar-refractivity contribution in [3.8, 4) is 5.88 Å². The minimum Gasteiger partial charge on any atom is -0.476 e. The smallest absolute Gasteiger partial charge is 0.293 e. The highest BCUT2D eigenvalue weighted by molar-refractivity contribution is 5.96. The van der Waals surface area contributed by atoms with E-state index in [4.69, 9.17) is 4.74 Å². The van der Waals surface area contributed by atoms with Crippen LogP contribution in [0.1, 0.15) is 23.2 Å². The van der Waals surface area contributed by atoms with E-state index >= 15 is 0 Å². The van der Waals surface area contributed by atoms with Gasteiger partial charge in [0.25, 0.3) is 11.6 Å². The largest absolute Gasteiger partial charge is 0.476 e. The van der Waals surface area contributed by atoms with Gasteiger partial charge in [0.15, 0.2) is 0 Å². The van der Waals surface area contributed by atoms with Crippen LogP contribution < -0.4 is 20.7 Å². The molecule has 9 nitrogen and oxygen atoms in total. The van der Waals surface area contributed by atoms with E-state index in [2.05, 4.69) is 20.9 Å². The molecular formula is C19H22FN5O4. The fourth-order valence-electron chi connectivity index (χ4n) is 3.04. The molecule has 3 rings (SSSR count). The van der Waals surface area contributed by atoms with Gasteiger partial charge in [0.1, 0.15) is 18.1 Å². The van der Waals surface area contributed by atoms with Crippen LogP contribution in [0.3, 0.4) is 0 Å². The van der Waals surface area contributed by atoms with E-state index in [0.717, 1.165) is 31.5 Å². The third-order valence-electron chi connectivity index (χ3n) is 4.46. The summed E-state index contributed by atoms with van der Waals surface area (Å²) in [7, 11) is 0. The predicted octanol–water partition coefficient (Wildman–Crippen LogP) is 2.10. The second kappa shape index (κ2) is 9.78. The first kappa shape index (κ1) is 20.5. The van der Waals surface area contributed by atoms with Gasteiger partial charge in [0.05, 0.1) is 10.5 Å². The zero-order chi connectivity index (χ0) is 20.6. The van der Waals surface area contributed by atoms with Crippen molar-refractivity contribution in [1.29, 1.82) is 0 Å². The summed E-state index contributed by atoms with van der Waals surface area (Å²) in [4.78, 5) is 27.1. The van der Waals surface area contributed by atoms with Gasteiger partial charge in [0, 0.05) is 43.5 Å². The van der Waals surface area contributed by atoms with E-state index in [9.17, 15) is 19.3 Å². The molecule has 10 heteroatoms. The maximum Gasteiger partial charge on any atom is 0.293 e. The normalized spacial score (nSPS) is 16.1. The molecule has 1 atom stereocenters. The van der Waals surface area contributed by atoms with Gasteiger partial charge in [-0.05, 0) is 25.5 Å². The summed E-state index contributed by atoms with van der Waals surface area (Å²) in [6, 6.07) is 6.99. The summed E-state index contributed by atoms with van der Waals surface area (Å²) in [5.74, 6) is -1.08. The van der Waals surface area contributed by atoms with Crippen molar-refractivity contribution in [2.75, 3.05) is 31.6 Å². The Kier molecular flexibility index (Phi) is 6.90. The summed E-state index contributed by atoms with van der Waals surface area (Å²) < 4.78 is 19.9. The Balaban J connectivity index is 1.65. The molecule has 1 aliphatic heterocycles. The van der Waals surface area contributed by atoms with E-state index in [0.29, 0.717) is 12.4 Å². The quantitative estimate of drug-likeness (QED) is 0.351. The summed E-state index contributed by atoms with van der Waals surface area (Å²) in [5, 5.41) is 20.1. The van der Waals surface area contributed by atoms with Gasteiger partial charge in [-0.15, -0.1) is 0 Å². The topological polar surface area (TPSA) is 118 Å². The zero-order valence-electron chi connectivity index (χ0n) is 15.7. The monoisotopic (exact) mass is 403 g/mol. The molecule has 1 amide bonds. The standard InChI is InChI=1S/C19H22FN5O4/c20-15-11-16(22-8-9-29-18-5-1-2-7-23-18)17(25(27)28)10-14(15)19(26)24-13-4-3-6-21-12-13/h1-2,5,7,10-11,13,21-22H,3-4,6,8-9,12H2,(H,24,26). The number of nitro groups is 1. The number of nitrogens with one attached hydrogen (secondary N) is 3. The average molecular weight is 403 g/mol. The van der Waals surface area contributed by atoms with Gasteiger partial charge >= 0.3 is 0 Å². The van der Waals surface area contributed by atoms with Crippen LogP contribution in [0.2, 0.25) is 0 Å². The molecule has 2 aromatic rings. The number of carbonyl (C=O) groups excluding carboxylic acids is 1. The fourth-order valence-corrected chi connectivity index (χ4v) is 3.04. The van der Waals surface area contributed by atoms with Crippen molar-refractivity contribution in [2.45, 2.75) is 18.9 Å². The SMILES string of the molecule is O=C(NC1CCCNC1)c1cc([N+](=O)[O-])c(NCCOc2ccccn2)cc1F. The fraction of sp³-hybridized carbons (Fsp3) is 0.368. The van der Waals surface area contributed by atoms with Gasteiger partial charge in [-0.2, -0.15) is 0 Å². The molecule has 1 aliphatic rings. The lowest BCUT2D eigenvalue weighted by Crippen LogP contribution is -2.45. The van der Waals surface area contributed by atoms with Gasteiger partial charge < -0.3 is 20.7 Å². The highest BCUT2D eigenvalue weighted by Crippen LogP contribution is 2.28. The lowest BCUT2D eigenvalue weighted by molar-refractivity contribution is -0.384. The van der Waals surface area contributed by atoms with Gasteiger partial charge in [-0.1, -0.05) is 6.07 Å². The second-order valence-corrected chi connectivity index (χ2v) is 6.57. The lowest BCUT2D eigenvalue weighted by Gasteiger charge is -2.23. The molecule has 0 saturated carbocycles. The second-order valence-electron chi connectivity index (χ2n) is 6.57. The zero-order valence-corrected chi connectivity index (χ0v) is 15.7. The number of nitrogens with zero attached hydrogens (tertiary/aromatic N) is 2. The number of hydrogen-bond acceptors (Lipinski definition) is 7. The average Bonchev–Trinajstić information content (AvgIpc) is 2.72. The van der Waals surface area contributed by atoms with E-state index < -0.39 is 16.6 Å². The Labute approximate surface area is 166 Å². The molecule has 29 heavy (non-hydrogen) atoms. The Morgan fingerprint density at radius 3 is 2.97 bits per heavy atom. The van der Waals surface area contributed by atoms with Crippen LogP contribution in [0.5, 0.6) is 5.88 Å². The molecule has 0 bridgehead atoms. The van der Waals surface area contributed by atoms with E-state index in [-0.39, 0.29) is 36.1 Å². The predicted molar refractivity (Wildman–Crippen MR) is 105 cm³/mol. The minimum absolute atomic E-state index is 0.0204. The summed E-state index contributed by atoms with van der Waals surface area (Å²) in [6.45, 7) is 1.82. The van der Waals surface area contributed by atoms with Crippen molar-refractivity contribution in [3.63, 3.8) is 0 Å². The number of carbonyl (C=O) groups is 1. The number of piperidine rings is 1. The van der Waals surface area contributed by atoms with E-state index in [1.807, 2.05) is 0 Å². The van der Waals surface area contributed by atoms with Gasteiger partial charge in [-0.25, -0.2) is 9.37 Å². The number of halogens is 1. The molecule has 1 aromatic heterocycles. The number of rotatable bonds is 8. The van der Waals surface area contributed by atoms with Crippen molar-refractivity contribution in [2.24, 2.45) is 0 Å². The Morgan fingerprint density at radius 1 is 1.41 bits per heavy atom. The van der Waals surface area contributed by atoms with Gasteiger partial charge in [-0.3, -0.25) is 14.9 Å². The van der Waals surface area contributed by atoms with Crippen LogP contribution in [-0.4, -0.2) is 48.1 Å². The summed E-state index contributed by atoms with van der Waals surface area (Å²) >= 11 is 0. The number of hydrogen-bond donors (Lipinski definition) is 3. The number of ether oxygens (including phenoxy) is 1. The molecule has 0 radical (unpaired) electrons. The highest BCUT2D eigenvalue weighted by atomic mass is 19.1. The van der Waals surface area contributed by atoms with Crippen LogP contribution in [0, 0.1) is 15.9 Å². The summed E-state index contributed by atoms with van der Waals surface area (Å²) in [5.41, 5.74) is -0.748. The van der Waals surface area contributed by atoms with E-state index in [1.165, 1.54) is 0 Å². The first-order valence-corrected chi connectivity index (χ1v) is 9.32. The Morgan fingerprint density at radius 2 is 2.28 bits per heavy atom. The summed E-state index contributed by atoms with van der Waals surface area (Å²) in [6.07, 6.45) is 3.26. The molecule has 2 heterocycles. The molecule has 1 saturated heterocycles. The molecule has 0 aliphatic carbocycles. The Bertz CT molecular complexity index is 859. The molecule has 3 N–H and O–H groups in total. The maximum absolute atomic E-state index is 14.5. The first-order valence-electron chi connectivity index (χ1n) is 9.32. The molecule has 154 valence electrons. The number of amides is 1. The number of aromatic nitrogens is 1. The molecule has 0 spiro atoms. The van der Waals surface area contributed by atoms with Crippen molar-refractivity contribution < 1.29 is 18.8 Å². The third kappa shape index (κ3) is 5.61. The van der Waals surface area contributed by atoms with Crippen LogP contribution in [0.25, 0.3) is 0 Å². The maximum atomic E-state index is 14.5. The minimum atomic E-state index is -0.829. The van der Waals surface area contributed by atoms with Crippen LogP contribution in [-0.2, 0) is 0 Å². The molecule has 1 aromatic carbocycles. The third-order valence-corrected chi connectivity index (χ3v) is 4.46. The molecular weight excluding hydrogens is 381 g/mol. The first-order chi connectivity index (χ1) is 14.0. The molecule has 1 unspecified atom stereocenters. The van der Waals surface area contributed by atoms with E-state index in [1.54, 1.807) is 24.4 Å². The van der Waals surface area contributed by atoms with Crippen LogP contribution >= 0.6 is 0 Å². The van der Waals surface area contributed by atoms with Crippen molar-refractivity contribution >= 4 is 17.3 Å². The van der Waals surface area contributed by atoms with Crippen molar-refractivity contribution in [1.82, 2.24) is 15.6 Å². The number of pyridine rings is 1. The number of nitro benzene ring substituents is 1. The highest BCUT2D eigenvalue weighted by Gasteiger charge is 2.24. The molecule has 1 fully saturated rings. The lowest BCUT2D eigenvalue weighted by atomic mass is 10.1. The van der Waals surface area contributed by atoms with Gasteiger partial charge in [0.2, 0.25) is 5.88 Å². The Hall–Kier alpha value is -3.27. The van der Waals surface area contributed by atoms with Crippen molar-refractivity contribution in [3.05, 3.63) is 58.0 Å². The van der Waals surface area contributed by atoms with Crippen LogP contribution in [0.15, 0.2) is 36.5 Å². The number of benzene rings is 1.